The minimum absolute atomic E-state index is 0.118. The standard InChI is InChI=1S/C18H22O2/c1-4-12-8-7-9-16(15(12)6-3)18-13(5-2)10-14(19)11-17(18)20/h7-11,19-20H,4-6H2,1-3H3. The molecule has 0 bridgehead atoms. The van der Waals surface area contributed by atoms with Crippen LogP contribution in [0.2, 0.25) is 0 Å². The molecule has 0 atom stereocenters. The molecule has 0 spiro atoms. The molecule has 2 aromatic carbocycles. The van der Waals surface area contributed by atoms with Gasteiger partial charge >= 0.3 is 0 Å². The van der Waals surface area contributed by atoms with Crippen LogP contribution < -0.4 is 0 Å². The van der Waals surface area contributed by atoms with Crippen molar-refractivity contribution in [3.8, 4) is 22.6 Å². The fraction of sp³-hybridized carbons (Fsp3) is 0.333. The Kier molecular flexibility index (Phi) is 4.33. The summed E-state index contributed by atoms with van der Waals surface area (Å²) in [6.07, 6.45) is 2.69. The molecule has 2 N–H and O–H groups in total. The van der Waals surface area contributed by atoms with Crippen LogP contribution in [0.1, 0.15) is 37.5 Å². The van der Waals surface area contributed by atoms with Gasteiger partial charge in [-0.1, -0.05) is 39.0 Å². The van der Waals surface area contributed by atoms with E-state index in [0.29, 0.717) is 0 Å². The molecule has 0 amide bonds. The Labute approximate surface area is 120 Å². The maximum atomic E-state index is 10.3. The van der Waals surface area contributed by atoms with Crippen molar-refractivity contribution in [2.45, 2.75) is 40.0 Å². The first-order chi connectivity index (χ1) is 9.62. The van der Waals surface area contributed by atoms with Crippen molar-refractivity contribution in [2.75, 3.05) is 0 Å². The molecular formula is C18H22O2. The second-order valence-electron chi connectivity index (χ2n) is 5.00. The fourth-order valence-electron chi connectivity index (χ4n) is 2.88. The smallest absolute Gasteiger partial charge is 0.127 e. The Balaban J connectivity index is 2.74. The van der Waals surface area contributed by atoms with Crippen molar-refractivity contribution < 1.29 is 10.2 Å². The molecule has 0 heterocycles. The molecule has 0 aliphatic rings. The summed E-state index contributed by atoms with van der Waals surface area (Å²) >= 11 is 0. The molecule has 0 aromatic heterocycles. The summed E-state index contributed by atoms with van der Waals surface area (Å²) in [5.74, 6) is 0.276. The third-order valence-electron chi connectivity index (χ3n) is 3.84. The van der Waals surface area contributed by atoms with Crippen LogP contribution >= 0.6 is 0 Å². The van der Waals surface area contributed by atoms with E-state index in [1.807, 2.05) is 13.0 Å². The van der Waals surface area contributed by atoms with Gasteiger partial charge in [-0.05, 0) is 47.6 Å². The van der Waals surface area contributed by atoms with Crippen LogP contribution in [0.15, 0.2) is 30.3 Å². The highest BCUT2D eigenvalue weighted by Gasteiger charge is 2.15. The van der Waals surface area contributed by atoms with Gasteiger partial charge in [0.25, 0.3) is 0 Å². The first-order valence-corrected chi connectivity index (χ1v) is 7.28. The molecule has 0 unspecified atom stereocenters. The normalized spacial score (nSPS) is 10.8. The van der Waals surface area contributed by atoms with E-state index in [9.17, 15) is 10.2 Å². The van der Waals surface area contributed by atoms with E-state index < -0.39 is 0 Å². The average Bonchev–Trinajstić information content (AvgIpc) is 2.45. The van der Waals surface area contributed by atoms with Gasteiger partial charge in [-0.15, -0.1) is 0 Å². The van der Waals surface area contributed by atoms with E-state index in [2.05, 4.69) is 26.0 Å². The Morgan fingerprint density at radius 2 is 1.55 bits per heavy atom. The number of phenols is 2. The number of hydrogen-bond donors (Lipinski definition) is 2. The maximum absolute atomic E-state index is 10.3. The second kappa shape index (κ2) is 6.00. The van der Waals surface area contributed by atoms with E-state index in [4.69, 9.17) is 0 Å². The molecule has 0 radical (unpaired) electrons. The Morgan fingerprint density at radius 3 is 2.15 bits per heavy atom. The molecule has 2 heteroatoms. The lowest BCUT2D eigenvalue weighted by molar-refractivity contribution is 0.450. The summed E-state index contributed by atoms with van der Waals surface area (Å²) in [4.78, 5) is 0. The van der Waals surface area contributed by atoms with Gasteiger partial charge in [0.2, 0.25) is 0 Å². The fourth-order valence-corrected chi connectivity index (χ4v) is 2.88. The van der Waals surface area contributed by atoms with Gasteiger partial charge in [-0.25, -0.2) is 0 Å². The van der Waals surface area contributed by atoms with Crippen molar-refractivity contribution in [3.63, 3.8) is 0 Å². The highest BCUT2D eigenvalue weighted by Crippen LogP contribution is 2.39. The molecule has 0 aliphatic heterocycles. The third kappa shape index (κ3) is 2.51. The van der Waals surface area contributed by atoms with Crippen LogP contribution in [0.25, 0.3) is 11.1 Å². The zero-order valence-electron chi connectivity index (χ0n) is 12.4. The van der Waals surface area contributed by atoms with Crippen molar-refractivity contribution in [1.82, 2.24) is 0 Å². The van der Waals surface area contributed by atoms with Crippen LogP contribution in [0, 0.1) is 0 Å². The lowest BCUT2D eigenvalue weighted by atomic mass is 9.89. The molecule has 2 aromatic rings. The summed E-state index contributed by atoms with van der Waals surface area (Å²) in [5.41, 5.74) is 5.52. The summed E-state index contributed by atoms with van der Waals surface area (Å²) in [6.45, 7) is 6.32. The minimum Gasteiger partial charge on any atom is -0.508 e. The largest absolute Gasteiger partial charge is 0.508 e. The van der Waals surface area contributed by atoms with E-state index in [1.165, 1.54) is 17.2 Å². The van der Waals surface area contributed by atoms with Crippen LogP contribution in [0.5, 0.6) is 11.5 Å². The molecule has 2 rings (SSSR count). The lowest BCUT2D eigenvalue weighted by Crippen LogP contribution is -1.97. The van der Waals surface area contributed by atoms with Crippen LogP contribution in [-0.2, 0) is 19.3 Å². The number of rotatable bonds is 4. The Morgan fingerprint density at radius 1 is 0.850 bits per heavy atom. The topological polar surface area (TPSA) is 40.5 Å². The van der Waals surface area contributed by atoms with E-state index in [0.717, 1.165) is 36.0 Å². The molecule has 106 valence electrons. The zero-order chi connectivity index (χ0) is 14.7. The van der Waals surface area contributed by atoms with E-state index in [1.54, 1.807) is 6.07 Å². The highest BCUT2D eigenvalue weighted by molar-refractivity contribution is 5.78. The minimum atomic E-state index is 0.118. The predicted molar refractivity (Wildman–Crippen MR) is 83.3 cm³/mol. The quantitative estimate of drug-likeness (QED) is 0.861. The van der Waals surface area contributed by atoms with Gasteiger partial charge in [0.1, 0.15) is 11.5 Å². The predicted octanol–water partition coefficient (Wildman–Crippen LogP) is 4.45. The number of aryl methyl sites for hydroxylation is 2. The maximum Gasteiger partial charge on any atom is 0.127 e. The van der Waals surface area contributed by atoms with Crippen LogP contribution in [0.4, 0.5) is 0 Å². The van der Waals surface area contributed by atoms with E-state index in [-0.39, 0.29) is 11.5 Å². The summed E-state index contributed by atoms with van der Waals surface area (Å²) in [7, 11) is 0. The number of aromatic hydroxyl groups is 2. The first kappa shape index (κ1) is 14.4. The van der Waals surface area contributed by atoms with Gasteiger partial charge in [-0.3, -0.25) is 0 Å². The molecule has 2 nitrogen and oxygen atoms in total. The van der Waals surface area contributed by atoms with Gasteiger partial charge in [0.05, 0.1) is 0 Å². The molecule has 0 saturated heterocycles. The first-order valence-electron chi connectivity index (χ1n) is 7.28. The van der Waals surface area contributed by atoms with Crippen LogP contribution in [-0.4, -0.2) is 10.2 Å². The Bertz CT molecular complexity index is 615. The van der Waals surface area contributed by atoms with Gasteiger partial charge < -0.3 is 10.2 Å². The molecular weight excluding hydrogens is 248 g/mol. The number of phenolic OH excluding ortho intramolecular Hbond substituents is 2. The van der Waals surface area contributed by atoms with Crippen molar-refractivity contribution >= 4 is 0 Å². The average molecular weight is 270 g/mol. The summed E-state index contributed by atoms with van der Waals surface area (Å²) in [5, 5.41) is 19.9. The lowest BCUT2D eigenvalue weighted by Gasteiger charge is -2.17. The van der Waals surface area contributed by atoms with Crippen molar-refractivity contribution in [1.29, 1.82) is 0 Å². The molecule has 0 fully saturated rings. The highest BCUT2D eigenvalue weighted by atomic mass is 16.3. The zero-order valence-corrected chi connectivity index (χ0v) is 12.4. The Hall–Kier alpha value is -1.96. The number of hydrogen-bond acceptors (Lipinski definition) is 2. The summed E-state index contributed by atoms with van der Waals surface area (Å²) in [6, 6.07) is 9.41. The van der Waals surface area contributed by atoms with E-state index >= 15 is 0 Å². The number of benzene rings is 2. The van der Waals surface area contributed by atoms with Crippen LogP contribution in [0.3, 0.4) is 0 Å². The van der Waals surface area contributed by atoms with Gasteiger partial charge in [0.15, 0.2) is 0 Å². The molecule has 20 heavy (non-hydrogen) atoms. The molecule has 0 saturated carbocycles. The SMILES string of the molecule is CCc1cccc(-c2c(O)cc(O)cc2CC)c1CC. The van der Waals surface area contributed by atoms with Crippen molar-refractivity contribution in [2.24, 2.45) is 0 Å². The molecule has 0 aliphatic carbocycles. The summed E-state index contributed by atoms with van der Waals surface area (Å²) < 4.78 is 0. The van der Waals surface area contributed by atoms with Crippen molar-refractivity contribution in [3.05, 3.63) is 47.0 Å². The van der Waals surface area contributed by atoms with Gasteiger partial charge in [-0.2, -0.15) is 0 Å². The second-order valence-corrected chi connectivity index (χ2v) is 5.00. The monoisotopic (exact) mass is 270 g/mol. The van der Waals surface area contributed by atoms with Gasteiger partial charge in [0, 0.05) is 11.6 Å². The third-order valence-corrected chi connectivity index (χ3v) is 3.84.